The first-order chi connectivity index (χ1) is 9.70. The highest BCUT2D eigenvalue weighted by Gasteiger charge is 2.11. The predicted molar refractivity (Wildman–Crippen MR) is 79.2 cm³/mol. The molecule has 0 saturated carbocycles. The molecule has 20 heavy (non-hydrogen) atoms. The molecule has 100 valence electrons. The van der Waals surface area contributed by atoms with E-state index < -0.39 is 0 Å². The Labute approximate surface area is 117 Å². The molecule has 0 aliphatic heterocycles. The lowest BCUT2D eigenvalue weighted by Gasteiger charge is -2.06. The Bertz CT molecular complexity index is 775. The van der Waals surface area contributed by atoms with Crippen LogP contribution in [0.1, 0.15) is 16.2 Å². The molecule has 0 bridgehead atoms. The van der Waals surface area contributed by atoms with Crippen LogP contribution in [-0.2, 0) is 0 Å². The van der Waals surface area contributed by atoms with Crippen LogP contribution < -0.4 is 5.32 Å². The van der Waals surface area contributed by atoms with Crippen LogP contribution in [0.4, 0.5) is 0 Å². The van der Waals surface area contributed by atoms with Gasteiger partial charge in [0.15, 0.2) is 0 Å². The molecule has 0 fully saturated rings. The summed E-state index contributed by atoms with van der Waals surface area (Å²) in [6.07, 6.45) is 0. The quantitative estimate of drug-likeness (QED) is 0.774. The van der Waals surface area contributed by atoms with Crippen molar-refractivity contribution in [3.63, 3.8) is 0 Å². The maximum Gasteiger partial charge on any atom is 0.251 e. The summed E-state index contributed by atoms with van der Waals surface area (Å²) in [6, 6.07) is 15.7. The maximum atomic E-state index is 11.7. The molecular formula is C16H15N3O. The van der Waals surface area contributed by atoms with E-state index in [9.17, 15) is 4.79 Å². The van der Waals surface area contributed by atoms with E-state index in [1.807, 2.05) is 55.5 Å². The molecule has 4 heteroatoms. The molecule has 2 aromatic carbocycles. The van der Waals surface area contributed by atoms with Gasteiger partial charge in [0.2, 0.25) is 0 Å². The molecule has 0 spiro atoms. The Morgan fingerprint density at radius 2 is 1.90 bits per heavy atom. The Kier molecular flexibility index (Phi) is 2.99. The lowest BCUT2D eigenvalue weighted by molar-refractivity contribution is 0.0963. The number of nitrogens with one attached hydrogen (secondary N) is 1. The van der Waals surface area contributed by atoms with E-state index >= 15 is 0 Å². The lowest BCUT2D eigenvalue weighted by atomic mass is 10.2. The molecule has 1 amide bonds. The summed E-state index contributed by atoms with van der Waals surface area (Å²) in [5, 5.41) is 2.63. The minimum atomic E-state index is -0.0983. The number of aromatic nitrogens is 2. The van der Waals surface area contributed by atoms with Crippen molar-refractivity contribution in [2.45, 2.75) is 6.92 Å². The molecule has 0 radical (unpaired) electrons. The number of carbonyl (C=O) groups excluding carboxylic acids is 1. The molecule has 0 aliphatic carbocycles. The van der Waals surface area contributed by atoms with Crippen molar-refractivity contribution in [2.24, 2.45) is 0 Å². The summed E-state index contributed by atoms with van der Waals surface area (Å²) in [5.41, 5.74) is 3.52. The SMILES string of the molecule is CNC(=O)c1ccc2c(c1)nc(C)n2-c1ccccc1. The number of rotatable bonds is 2. The molecule has 0 saturated heterocycles. The van der Waals surface area contributed by atoms with E-state index in [2.05, 4.69) is 14.9 Å². The predicted octanol–water partition coefficient (Wildman–Crippen LogP) is 2.69. The number of para-hydroxylation sites is 1. The second kappa shape index (κ2) is 4.81. The second-order valence-corrected chi connectivity index (χ2v) is 4.61. The van der Waals surface area contributed by atoms with Crippen molar-refractivity contribution in [1.82, 2.24) is 14.9 Å². The molecule has 0 aliphatic rings. The molecule has 4 nitrogen and oxygen atoms in total. The zero-order valence-electron chi connectivity index (χ0n) is 11.4. The molecule has 1 N–H and O–H groups in total. The smallest absolute Gasteiger partial charge is 0.251 e. The zero-order valence-corrected chi connectivity index (χ0v) is 11.4. The van der Waals surface area contributed by atoms with Gasteiger partial charge in [-0.3, -0.25) is 9.36 Å². The molecular weight excluding hydrogens is 250 g/mol. The van der Waals surface area contributed by atoms with Gasteiger partial charge < -0.3 is 5.32 Å². The van der Waals surface area contributed by atoms with Gasteiger partial charge in [0.1, 0.15) is 5.82 Å². The maximum absolute atomic E-state index is 11.7. The topological polar surface area (TPSA) is 46.9 Å². The first-order valence-electron chi connectivity index (χ1n) is 6.47. The third-order valence-corrected chi connectivity index (χ3v) is 3.33. The van der Waals surface area contributed by atoms with E-state index in [1.54, 1.807) is 7.05 Å². The molecule has 0 unspecified atom stereocenters. The number of hydrogen-bond acceptors (Lipinski definition) is 2. The number of nitrogens with zero attached hydrogens (tertiary/aromatic N) is 2. The standard InChI is InChI=1S/C16H15N3O/c1-11-18-14-10-12(16(20)17-2)8-9-15(14)19(11)13-6-4-3-5-7-13/h3-10H,1-2H3,(H,17,20). The minimum Gasteiger partial charge on any atom is -0.355 e. The van der Waals surface area contributed by atoms with E-state index in [0.29, 0.717) is 5.56 Å². The van der Waals surface area contributed by atoms with Crippen LogP contribution in [0.3, 0.4) is 0 Å². The molecule has 0 atom stereocenters. The number of imidazole rings is 1. The van der Waals surface area contributed by atoms with E-state index in [0.717, 1.165) is 22.5 Å². The lowest BCUT2D eigenvalue weighted by Crippen LogP contribution is -2.17. The average molecular weight is 265 g/mol. The summed E-state index contributed by atoms with van der Waals surface area (Å²) < 4.78 is 2.09. The molecule has 3 rings (SSSR count). The van der Waals surface area contributed by atoms with Gasteiger partial charge in [-0.05, 0) is 37.3 Å². The Morgan fingerprint density at radius 3 is 2.60 bits per heavy atom. The number of hydrogen-bond donors (Lipinski definition) is 1. The highest BCUT2D eigenvalue weighted by molar-refractivity contribution is 5.97. The molecule has 3 aromatic rings. The van der Waals surface area contributed by atoms with Crippen molar-refractivity contribution in [2.75, 3.05) is 7.05 Å². The van der Waals surface area contributed by atoms with Crippen LogP contribution in [0.5, 0.6) is 0 Å². The van der Waals surface area contributed by atoms with Crippen molar-refractivity contribution in [3.05, 3.63) is 59.9 Å². The first-order valence-corrected chi connectivity index (χ1v) is 6.47. The third-order valence-electron chi connectivity index (χ3n) is 3.33. The Hall–Kier alpha value is -2.62. The van der Waals surface area contributed by atoms with Gasteiger partial charge in [-0.1, -0.05) is 18.2 Å². The monoisotopic (exact) mass is 265 g/mol. The van der Waals surface area contributed by atoms with Crippen molar-refractivity contribution in [3.8, 4) is 5.69 Å². The van der Waals surface area contributed by atoms with Gasteiger partial charge >= 0.3 is 0 Å². The van der Waals surface area contributed by atoms with Gasteiger partial charge in [-0.2, -0.15) is 0 Å². The summed E-state index contributed by atoms with van der Waals surface area (Å²) >= 11 is 0. The van der Waals surface area contributed by atoms with E-state index in [-0.39, 0.29) is 5.91 Å². The first kappa shape index (κ1) is 12.4. The fourth-order valence-electron chi connectivity index (χ4n) is 2.39. The van der Waals surface area contributed by atoms with Crippen molar-refractivity contribution >= 4 is 16.9 Å². The van der Waals surface area contributed by atoms with Gasteiger partial charge in [0.25, 0.3) is 5.91 Å². The fraction of sp³-hybridized carbons (Fsp3) is 0.125. The third kappa shape index (κ3) is 1.95. The Balaban J connectivity index is 2.20. The van der Waals surface area contributed by atoms with Gasteiger partial charge in [-0.25, -0.2) is 4.98 Å². The van der Waals surface area contributed by atoms with Crippen LogP contribution in [0.15, 0.2) is 48.5 Å². The van der Waals surface area contributed by atoms with Gasteiger partial charge in [-0.15, -0.1) is 0 Å². The largest absolute Gasteiger partial charge is 0.355 e. The average Bonchev–Trinajstić information content (AvgIpc) is 2.82. The number of benzene rings is 2. The van der Waals surface area contributed by atoms with Gasteiger partial charge in [0, 0.05) is 18.3 Å². The van der Waals surface area contributed by atoms with Crippen LogP contribution in [0, 0.1) is 6.92 Å². The van der Waals surface area contributed by atoms with Crippen molar-refractivity contribution in [1.29, 1.82) is 0 Å². The second-order valence-electron chi connectivity index (χ2n) is 4.61. The summed E-state index contributed by atoms with van der Waals surface area (Å²) in [5.74, 6) is 0.805. The van der Waals surface area contributed by atoms with Crippen LogP contribution in [-0.4, -0.2) is 22.5 Å². The summed E-state index contributed by atoms with van der Waals surface area (Å²) in [4.78, 5) is 16.2. The van der Waals surface area contributed by atoms with Crippen LogP contribution in [0.25, 0.3) is 16.7 Å². The zero-order chi connectivity index (χ0) is 14.1. The fourth-order valence-corrected chi connectivity index (χ4v) is 2.39. The van der Waals surface area contributed by atoms with Crippen molar-refractivity contribution < 1.29 is 4.79 Å². The molecule has 1 aromatic heterocycles. The number of carbonyl (C=O) groups is 1. The highest BCUT2D eigenvalue weighted by Crippen LogP contribution is 2.22. The van der Waals surface area contributed by atoms with Crippen LogP contribution in [0.2, 0.25) is 0 Å². The molecule has 1 heterocycles. The minimum absolute atomic E-state index is 0.0983. The highest BCUT2D eigenvalue weighted by atomic mass is 16.1. The van der Waals surface area contributed by atoms with Crippen LogP contribution >= 0.6 is 0 Å². The number of amides is 1. The van der Waals surface area contributed by atoms with Gasteiger partial charge in [0.05, 0.1) is 11.0 Å². The Morgan fingerprint density at radius 1 is 1.15 bits per heavy atom. The normalized spacial score (nSPS) is 10.7. The summed E-state index contributed by atoms with van der Waals surface area (Å²) in [7, 11) is 1.63. The number of fused-ring (bicyclic) bond motifs is 1. The summed E-state index contributed by atoms with van der Waals surface area (Å²) in [6.45, 7) is 1.96. The van der Waals surface area contributed by atoms with E-state index in [4.69, 9.17) is 0 Å². The number of aryl methyl sites for hydroxylation is 1. The van der Waals surface area contributed by atoms with E-state index in [1.165, 1.54) is 0 Å².